The van der Waals surface area contributed by atoms with Gasteiger partial charge in [-0.1, -0.05) is 12.1 Å². The van der Waals surface area contributed by atoms with Gasteiger partial charge in [-0.2, -0.15) is 0 Å². The molecule has 0 aliphatic carbocycles. The summed E-state index contributed by atoms with van der Waals surface area (Å²) in [7, 11) is -1.82. The Hall–Kier alpha value is -1.63. The van der Waals surface area contributed by atoms with Crippen LogP contribution in [-0.4, -0.2) is 17.2 Å². The highest BCUT2D eigenvalue weighted by molar-refractivity contribution is 6.58. The van der Waals surface area contributed by atoms with Gasteiger partial charge in [0.25, 0.3) is 0 Å². The SMILES string of the molecule is OB(O)c1cc(COCc2ccco2)ccc1F. The maximum atomic E-state index is 13.2. The van der Waals surface area contributed by atoms with E-state index in [-0.39, 0.29) is 12.1 Å². The quantitative estimate of drug-likeness (QED) is 0.771. The number of halogens is 1. The third kappa shape index (κ3) is 3.19. The van der Waals surface area contributed by atoms with Crippen molar-refractivity contribution in [2.45, 2.75) is 13.2 Å². The van der Waals surface area contributed by atoms with Crippen molar-refractivity contribution < 1.29 is 23.6 Å². The van der Waals surface area contributed by atoms with Crippen LogP contribution in [0.2, 0.25) is 0 Å². The molecule has 0 radical (unpaired) electrons. The van der Waals surface area contributed by atoms with E-state index in [0.717, 1.165) is 0 Å². The average Bonchev–Trinajstić information content (AvgIpc) is 2.84. The van der Waals surface area contributed by atoms with Crippen LogP contribution in [0.4, 0.5) is 4.39 Å². The van der Waals surface area contributed by atoms with Crippen molar-refractivity contribution in [2.24, 2.45) is 0 Å². The molecule has 0 aliphatic rings. The highest BCUT2D eigenvalue weighted by atomic mass is 19.1. The van der Waals surface area contributed by atoms with E-state index < -0.39 is 12.9 Å². The van der Waals surface area contributed by atoms with Crippen molar-refractivity contribution in [3.05, 3.63) is 53.7 Å². The van der Waals surface area contributed by atoms with Crippen LogP contribution in [0.3, 0.4) is 0 Å². The molecule has 18 heavy (non-hydrogen) atoms. The maximum Gasteiger partial charge on any atom is 0.491 e. The molecule has 0 spiro atoms. The fourth-order valence-corrected chi connectivity index (χ4v) is 1.55. The van der Waals surface area contributed by atoms with E-state index in [1.165, 1.54) is 18.2 Å². The fourth-order valence-electron chi connectivity index (χ4n) is 1.55. The first-order chi connectivity index (χ1) is 8.66. The van der Waals surface area contributed by atoms with Gasteiger partial charge in [-0.25, -0.2) is 4.39 Å². The van der Waals surface area contributed by atoms with E-state index in [1.807, 2.05) is 0 Å². The normalized spacial score (nSPS) is 10.6. The first-order valence-electron chi connectivity index (χ1n) is 5.41. The van der Waals surface area contributed by atoms with Gasteiger partial charge in [0, 0.05) is 5.46 Å². The lowest BCUT2D eigenvalue weighted by Crippen LogP contribution is -2.33. The number of furan rings is 1. The molecule has 0 atom stereocenters. The molecule has 0 fully saturated rings. The molecule has 0 saturated carbocycles. The maximum absolute atomic E-state index is 13.2. The van der Waals surface area contributed by atoms with Crippen molar-refractivity contribution in [2.75, 3.05) is 0 Å². The Morgan fingerprint density at radius 1 is 1.22 bits per heavy atom. The molecule has 0 aliphatic heterocycles. The molecule has 6 heteroatoms. The number of hydrogen-bond donors (Lipinski definition) is 2. The van der Waals surface area contributed by atoms with Crippen LogP contribution in [0.1, 0.15) is 11.3 Å². The summed E-state index contributed by atoms with van der Waals surface area (Å²) in [5.74, 6) is 0.0410. The third-order valence-electron chi connectivity index (χ3n) is 2.43. The van der Waals surface area contributed by atoms with Crippen molar-refractivity contribution in [3.8, 4) is 0 Å². The zero-order chi connectivity index (χ0) is 13.0. The van der Waals surface area contributed by atoms with Crippen LogP contribution in [0.5, 0.6) is 0 Å². The molecule has 0 unspecified atom stereocenters. The predicted octanol–water partition coefficient (Wildman–Crippen LogP) is 0.815. The minimum atomic E-state index is -1.82. The summed E-state index contributed by atoms with van der Waals surface area (Å²) in [6.07, 6.45) is 1.55. The molecule has 1 heterocycles. The van der Waals surface area contributed by atoms with E-state index in [4.69, 9.17) is 19.2 Å². The Morgan fingerprint density at radius 3 is 2.72 bits per heavy atom. The van der Waals surface area contributed by atoms with Crippen molar-refractivity contribution in [1.29, 1.82) is 0 Å². The second-order valence-corrected chi connectivity index (χ2v) is 3.80. The molecular formula is C12H12BFO4. The van der Waals surface area contributed by atoms with Gasteiger partial charge >= 0.3 is 7.12 Å². The lowest BCUT2D eigenvalue weighted by atomic mass is 9.79. The van der Waals surface area contributed by atoms with Gasteiger partial charge in [-0.3, -0.25) is 0 Å². The van der Waals surface area contributed by atoms with Gasteiger partial charge in [0.1, 0.15) is 18.2 Å². The number of benzene rings is 1. The second kappa shape index (κ2) is 5.81. The van der Waals surface area contributed by atoms with E-state index in [1.54, 1.807) is 18.4 Å². The van der Waals surface area contributed by atoms with Crippen LogP contribution in [0, 0.1) is 5.82 Å². The predicted molar refractivity (Wildman–Crippen MR) is 63.4 cm³/mol. The van der Waals surface area contributed by atoms with Crippen molar-refractivity contribution in [3.63, 3.8) is 0 Å². The Labute approximate surface area is 104 Å². The summed E-state index contributed by atoms with van der Waals surface area (Å²) in [5.41, 5.74) is 0.500. The molecule has 94 valence electrons. The Balaban J connectivity index is 1.95. The molecule has 0 bridgehead atoms. The largest absolute Gasteiger partial charge is 0.491 e. The first kappa shape index (κ1) is 12.8. The Bertz CT molecular complexity index is 499. The lowest BCUT2D eigenvalue weighted by Gasteiger charge is -2.06. The molecule has 1 aromatic carbocycles. The number of rotatable bonds is 5. The van der Waals surface area contributed by atoms with Crippen LogP contribution in [0.25, 0.3) is 0 Å². The van der Waals surface area contributed by atoms with E-state index in [0.29, 0.717) is 17.9 Å². The monoisotopic (exact) mass is 250 g/mol. The molecular weight excluding hydrogens is 238 g/mol. The van der Waals surface area contributed by atoms with Gasteiger partial charge in [0.15, 0.2) is 0 Å². The fraction of sp³-hybridized carbons (Fsp3) is 0.167. The molecule has 2 N–H and O–H groups in total. The highest BCUT2D eigenvalue weighted by Gasteiger charge is 2.16. The third-order valence-corrected chi connectivity index (χ3v) is 2.43. The molecule has 0 saturated heterocycles. The second-order valence-electron chi connectivity index (χ2n) is 3.80. The Morgan fingerprint density at radius 2 is 2.06 bits per heavy atom. The molecule has 1 aromatic heterocycles. The van der Waals surface area contributed by atoms with E-state index >= 15 is 0 Å². The topological polar surface area (TPSA) is 62.8 Å². The molecule has 2 rings (SSSR count). The Kier molecular flexibility index (Phi) is 4.14. The smallest absolute Gasteiger partial charge is 0.467 e. The molecule has 0 amide bonds. The summed E-state index contributed by atoms with van der Waals surface area (Å²) in [6.45, 7) is 0.544. The molecule has 4 nitrogen and oxygen atoms in total. The van der Waals surface area contributed by atoms with Gasteiger partial charge in [-0.15, -0.1) is 0 Å². The minimum Gasteiger partial charge on any atom is -0.467 e. The number of ether oxygens (including phenoxy) is 1. The summed E-state index contributed by atoms with van der Waals surface area (Å²) in [6, 6.07) is 7.62. The standard InChI is InChI=1S/C12H12BFO4/c14-12-4-3-9(6-11(12)13(15)16)7-17-8-10-2-1-5-18-10/h1-6,15-16H,7-8H2. The van der Waals surface area contributed by atoms with Gasteiger partial charge in [0.05, 0.1) is 12.9 Å². The summed E-state index contributed by atoms with van der Waals surface area (Å²) in [5, 5.41) is 17.9. The lowest BCUT2D eigenvalue weighted by molar-refractivity contribution is 0.0929. The van der Waals surface area contributed by atoms with Crippen LogP contribution < -0.4 is 5.46 Å². The van der Waals surface area contributed by atoms with Gasteiger partial charge in [0.2, 0.25) is 0 Å². The molecule has 2 aromatic rings. The van der Waals surface area contributed by atoms with E-state index in [9.17, 15) is 4.39 Å². The highest BCUT2D eigenvalue weighted by Crippen LogP contribution is 2.07. The summed E-state index contributed by atoms with van der Waals surface area (Å²) >= 11 is 0. The number of hydrogen-bond acceptors (Lipinski definition) is 4. The zero-order valence-electron chi connectivity index (χ0n) is 9.54. The zero-order valence-corrected chi connectivity index (χ0v) is 9.54. The van der Waals surface area contributed by atoms with Crippen molar-refractivity contribution >= 4 is 12.6 Å². The average molecular weight is 250 g/mol. The van der Waals surface area contributed by atoms with Crippen molar-refractivity contribution in [1.82, 2.24) is 0 Å². The minimum absolute atomic E-state index is 0.158. The van der Waals surface area contributed by atoms with Gasteiger partial charge in [-0.05, 0) is 23.8 Å². The van der Waals surface area contributed by atoms with Gasteiger partial charge < -0.3 is 19.2 Å². The first-order valence-corrected chi connectivity index (χ1v) is 5.41. The summed E-state index contributed by atoms with van der Waals surface area (Å²) < 4.78 is 23.6. The van der Waals surface area contributed by atoms with E-state index in [2.05, 4.69) is 0 Å². The van der Waals surface area contributed by atoms with Crippen LogP contribution in [-0.2, 0) is 18.0 Å². The van der Waals surface area contributed by atoms with Crippen LogP contribution in [0.15, 0.2) is 41.0 Å². The summed E-state index contributed by atoms with van der Waals surface area (Å²) in [4.78, 5) is 0. The van der Waals surface area contributed by atoms with Crippen LogP contribution >= 0.6 is 0 Å².